The Bertz CT molecular complexity index is 546. The normalized spacial score (nSPS) is 34.7. The molecule has 0 amide bonds. The summed E-state index contributed by atoms with van der Waals surface area (Å²) in [5, 5.41) is 29.1. The van der Waals surface area contributed by atoms with Crippen molar-refractivity contribution in [2.24, 2.45) is 0 Å². The predicted octanol–water partition coefficient (Wildman–Crippen LogP) is -1.86. The molecule has 4 atom stereocenters. The molecule has 2 rings (SSSR count). The molecule has 0 spiro atoms. The van der Waals surface area contributed by atoms with E-state index in [2.05, 4.69) is 4.98 Å². The number of aliphatic hydroxyl groups is 3. The summed E-state index contributed by atoms with van der Waals surface area (Å²) in [6, 6.07) is 0. The average molecular weight is 271 g/mol. The second-order valence-electron chi connectivity index (χ2n) is 4.91. The smallest absolute Gasteiger partial charge is 0.351 e. The monoisotopic (exact) mass is 271 g/mol. The fourth-order valence-corrected chi connectivity index (χ4v) is 2.05. The van der Waals surface area contributed by atoms with Crippen molar-refractivity contribution in [1.29, 1.82) is 0 Å². The number of nitrogen functional groups attached to an aromatic ring is 1. The van der Waals surface area contributed by atoms with E-state index in [1.54, 1.807) is 6.92 Å². The molecule has 0 bridgehead atoms. The molecule has 0 aliphatic carbocycles. The third kappa shape index (κ3) is 2.12. The van der Waals surface area contributed by atoms with Gasteiger partial charge in [0.05, 0.1) is 6.61 Å². The highest BCUT2D eigenvalue weighted by Gasteiger charge is 2.51. The molecule has 1 saturated heterocycles. The minimum absolute atomic E-state index is 0.0965. The Hall–Kier alpha value is -1.48. The first-order chi connectivity index (χ1) is 8.80. The molecule has 1 aliphatic heterocycles. The minimum Gasteiger partial charge on any atom is -0.393 e. The van der Waals surface area contributed by atoms with Gasteiger partial charge in [0.15, 0.2) is 6.23 Å². The van der Waals surface area contributed by atoms with Crippen LogP contribution in [0.5, 0.6) is 0 Å². The highest BCUT2D eigenvalue weighted by molar-refractivity contribution is 5.35. The van der Waals surface area contributed by atoms with Gasteiger partial charge in [0.1, 0.15) is 23.6 Å². The van der Waals surface area contributed by atoms with Crippen LogP contribution in [0, 0.1) is 6.92 Å². The summed E-state index contributed by atoms with van der Waals surface area (Å²) in [6.45, 7) is 2.61. The van der Waals surface area contributed by atoms with Crippen molar-refractivity contribution in [3.05, 3.63) is 22.2 Å². The maximum atomic E-state index is 11.8. The summed E-state index contributed by atoms with van der Waals surface area (Å²) in [5.74, 6) is 0.0965. The Kier molecular flexibility index (Phi) is 3.35. The molecule has 5 N–H and O–H groups in total. The third-order valence-electron chi connectivity index (χ3n) is 3.39. The van der Waals surface area contributed by atoms with E-state index in [0.29, 0.717) is 5.56 Å². The van der Waals surface area contributed by atoms with Gasteiger partial charge in [-0.25, -0.2) is 4.79 Å². The quantitative estimate of drug-likeness (QED) is 0.496. The van der Waals surface area contributed by atoms with Crippen molar-refractivity contribution < 1.29 is 20.1 Å². The maximum Gasteiger partial charge on any atom is 0.351 e. The van der Waals surface area contributed by atoms with Gasteiger partial charge >= 0.3 is 5.69 Å². The highest BCUT2D eigenvalue weighted by Crippen LogP contribution is 2.36. The van der Waals surface area contributed by atoms with Crippen LogP contribution in [-0.4, -0.2) is 49.3 Å². The van der Waals surface area contributed by atoms with Crippen LogP contribution in [-0.2, 0) is 4.74 Å². The fraction of sp³-hybridized carbons (Fsp3) is 0.636. The van der Waals surface area contributed by atoms with Gasteiger partial charge in [-0.3, -0.25) is 4.57 Å². The van der Waals surface area contributed by atoms with Crippen LogP contribution in [0.15, 0.2) is 11.0 Å². The first kappa shape index (κ1) is 13.9. The van der Waals surface area contributed by atoms with Crippen molar-refractivity contribution >= 4 is 5.82 Å². The summed E-state index contributed by atoms with van der Waals surface area (Å²) in [5.41, 5.74) is 4.03. The molecule has 8 heteroatoms. The van der Waals surface area contributed by atoms with E-state index in [0.717, 1.165) is 4.57 Å². The second-order valence-corrected chi connectivity index (χ2v) is 4.91. The van der Waals surface area contributed by atoms with Gasteiger partial charge in [-0.15, -0.1) is 0 Å². The lowest BCUT2D eigenvalue weighted by Gasteiger charge is -2.24. The Morgan fingerprint density at radius 2 is 2.21 bits per heavy atom. The number of aromatic nitrogens is 2. The molecule has 4 unspecified atom stereocenters. The summed E-state index contributed by atoms with van der Waals surface area (Å²) in [6.07, 6.45) is -2.38. The van der Waals surface area contributed by atoms with E-state index < -0.39 is 36.3 Å². The zero-order valence-corrected chi connectivity index (χ0v) is 10.6. The minimum atomic E-state index is -1.35. The van der Waals surface area contributed by atoms with Crippen LogP contribution in [0.1, 0.15) is 18.7 Å². The lowest BCUT2D eigenvalue weighted by atomic mass is 9.99. The van der Waals surface area contributed by atoms with Crippen molar-refractivity contribution in [3.8, 4) is 0 Å². The summed E-state index contributed by atoms with van der Waals surface area (Å²) in [7, 11) is 0. The lowest BCUT2D eigenvalue weighted by molar-refractivity contribution is -0.117. The third-order valence-corrected chi connectivity index (χ3v) is 3.39. The van der Waals surface area contributed by atoms with Crippen LogP contribution in [0.3, 0.4) is 0 Å². The molecule has 1 aromatic heterocycles. The Labute approximate surface area is 109 Å². The van der Waals surface area contributed by atoms with Gasteiger partial charge in [-0.2, -0.15) is 4.98 Å². The van der Waals surface area contributed by atoms with E-state index in [1.165, 1.54) is 13.1 Å². The van der Waals surface area contributed by atoms with Crippen LogP contribution in [0.4, 0.5) is 5.82 Å². The molecule has 1 aliphatic rings. The number of nitrogens with two attached hydrogens (primary N) is 1. The molecule has 0 radical (unpaired) electrons. The molecule has 1 fully saturated rings. The molecule has 8 nitrogen and oxygen atoms in total. The largest absolute Gasteiger partial charge is 0.393 e. The van der Waals surface area contributed by atoms with Crippen LogP contribution in [0.2, 0.25) is 0 Å². The van der Waals surface area contributed by atoms with E-state index in [-0.39, 0.29) is 5.82 Å². The number of anilines is 1. The van der Waals surface area contributed by atoms with Crippen molar-refractivity contribution in [1.82, 2.24) is 9.55 Å². The standard InChI is InChI=1S/C11H17N3O5/c1-5-3-14(10(18)13-8(5)12)9-6(16)7(17)11(2,4-15)19-9/h3,6-7,9,15-17H,4H2,1-2H3,(H2,12,13,18). The molecule has 0 aromatic carbocycles. The summed E-state index contributed by atoms with van der Waals surface area (Å²) >= 11 is 0. The molecular formula is C11H17N3O5. The molecule has 1 aromatic rings. The van der Waals surface area contributed by atoms with E-state index in [1.807, 2.05) is 0 Å². The number of hydrogen-bond donors (Lipinski definition) is 4. The number of nitrogens with zero attached hydrogens (tertiary/aromatic N) is 2. The van der Waals surface area contributed by atoms with Crippen molar-refractivity contribution in [3.63, 3.8) is 0 Å². The second kappa shape index (κ2) is 4.57. The summed E-state index contributed by atoms with van der Waals surface area (Å²) < 4.78 is 6.47. The van der Waals surface area contributed by atoms with Crippen LogP contribution in [0.25, 0.3) is 0 Å². The number of rotatable bonds is 2. The van der Waals surface area contributed by atoms with Gasteiger partial charge in [-0.1, -0.05) is 0 Å². The van der Waals surface area contributed by atoms with E-state index in [9.17, 15) is 20.1 Å². The van der Waals surface area contributed by atoms with Gasteiger partial charge in [0, 0.05) is 11.8 Å². The molecule has 2 heterocycles. The fourth-order valence-electron chi connectivity index (χ4n) is 2.05. The first-order valence-electron chi connectivity index (χ1n) is 5.80. The zero-order valence-electron chi connectivity index (χ0n) is 10.6. The highest BCUT2D eigenvalue weighted by atomic mass is 16.6. The number of aliphatic hydroxyl groups excluding tert-OH is 3. The number of aryl methyl sites for hydroxylation is 1. The number of hydrogen-bond acceptors (Lipinski definition) is 7. The van der Waals surface area contributed by atoms with Gasteiger partial charge in [-0.05, 0) is 13.8 Å². The zero-order chi connectivity index (χ0) is 14.4. The molecular weight excluding hydrogens is 254 g/mol. The molecule has 0 saturated carbocycles. The van der Waals surface area contributed by atoms with Crippen molar-refractivity contribution in [2.45, 2.75) is 37.9 Å². The summed E-state index contributed by atoms with van der Waals surface area (Å²) in [4.78, 5) is 15.4. The SMILES string of the molecule is Cc1cn(C2OC(C)(CO)C(O)C2O)c(=O)nc1N. The molecule has 106 valence electrons. The first-order valence-corrected chi connectivity index (χ1v) is 5.80. The van der Waals surface area contributed by atoms with Gasteiger partial charge in [0.25, 0.3) is 0 Å². The Balaban J connectivity index is 2.44. The van der Waals surface area contributed by atoms with E-state index in [4.69, 9.17) is 10.5 Å². The van der Waals surface area contributed by atoms with Gasteiger partial charge in [0.2, 0.25) is 0 Å². The molecule has 19 heavy (non-hydrogen) atoms. The average Bonchev–Trinajstić information content (AvgIpc) is 2.59. The maximum absolute atomic E-state index is 11.8. The predicted molar refractivity (Wildman–Crippen MR) is 65.3 cm³/mol. The topological polar surface area (TPSA) is 131 Å². The Morgan fingerprint density at radius 3 is 2.74 bits per heavy atom. The van der Waals surface area contributed by atoms with Crippen LogP contribution >= 0.6 is 0 Å². The number of ether oxygens (including phenoxy) is 1. The lowest BCUT2D eigenvalue weighted by Crippen LogP contribution is -2.43. The van der Waals surface area contributed by atoms with Crippen LogP contribution < -0.4 is 11.4 Å². The Morgan fingerprint density at radius 1 is 1.58 bits per heavy atom. The van der Waals surface area contributed by atoms with E-state index >= 15 is 0 Å². The van der Waals surface area contributed by atoms with Gasteiger partial charge < -0.3 is 25.8 Å². The van der Waals surface area contributed by atoms with Crippen molar-refractivity contribution in [2.75, 3.05) is 12.3 Å².